The zero-order valence-electron chi connectivity index (χ0n) is 12.8. The topological polar surface area (TPSA) is 55.6 Å². The lowest BCUT2D eigenvalue weighted by Crippen LogP contribution is -2.52. The Hall–Kier alpha value is -2.74. The quantitative estimate of drug-likeness (QED) is 0.524. The number of ether oxygens (including phenoxy) is 1. The maximum absolute atomic E-state index is 13.7. The molecule has 3 aromatic rings. The molecule has 25 heavy (non-hydrogen) atoms. The SMILES string of the molecule is O=C(/C=C/c1ccco1)OC1CN(c2nc3c(F)cc(F)cc3s2)C1. The fraction of sp³-hybridized carbons (Fsp3) is 0.176. The van der Waals surface area contributed by atoms with Gasteiger partial charge in [-0.3, -0.25) is 0 Å². The molecule has 0 aliphatic carbocycles. The predicted octanol–water partition coefficient (Wildman–Crippen LogP) is 3.61. The number of nitrogens with zero attached hydrogens (tertiary/aromatic N) is 2. The molecule has 0 unspecified atom stereocenters. The van der Waals surface area contributed by atoms with Gasteiger partial charge in [-0.2, -0.15) is 0 Å². The molecule has 1 fully saturated rings. The number of fused-ring (bicyclic) bond motifs is 1. The largest absolute Gasteiger partial charge is 0.465 e. The van der Waals surface area contributed by atoms with Crippen LogP contribution in [0.1, 0.15) is 5.76 Å². The molecule has 1 aliphatic rings. The highest BCUT2D eigenvalue weighted by Crippen LogP contribution is 2.33. The average Bonchev–Trinajstić information content (AvgIpc) is 3.17. The van der Waals surface area contributed by atoms with Crippen molar-refractivity contribution in [2.24, 2.45) is 0 Å². The van der Waals surface area contributed by atoms with Crippen molar-refractivity contribution in [1.82, 2.24) is 4.98 Å². The number of hydrogen-bond donors (Lipinski definition) is 0. The third-order valence-corrected chi connectivity index (χ3v) is 4.79. The first-order chi connectivity index (χ1) is 12.1. The number of hydrogen-bond acceptors (Lipinski definition) is 6. The van der Waals surface area contributed by atoms with Crippen LogP contribution in [0.4, 0.5) is 13.9 Å². The second kappa shape index (κ2) is 6.29. The number of aromatic nitrogens is 1. The van der Waals surface area contributed by atoms with Crippen molar-refractivity contribution in [2.75, 3.05) is 18.0 Å². The maximum Gasteiger partial charge on any atom is 0.331 e. The van der Waals surface area contributed by atoms with Gasteiger partial charge in [-0.25, -0.2) is 18.6 Å². The third-order valence-electron chi connectivity index (χ3n) is 3.73. The number of carbonyl (C=O) groups excluding carboxylic acids is 1. The molecule has 0 bridgehead atoms. The number of thiazole rings is 1. The van der Waals surface area contributed by atoms with Crippen LogP contribution in [0.2, 0.25) is 0 Å². The van der Waals surface area contributed by atoms with E-state index >= 15 is 0 Å². The van der Waals surface area contributed by atoms with E-state index in [1.54, 1.807) is 12.1 Å². The van der Waals surface area contributed by atoms with Gasteiger partial charge in [0, 0.05) is 12.1 Å². The first-order valence-electron chi connectivity index (χ1n) is 7.51. The standard InChI is InChI=1S/C17H12F2N2O3S/c18-10-6-13(19)16-14(7-10)25-17(20-16)21-8-12(9-21)24-15(22)4-3-11-2-1-5-23-11/h1-7,12H,8-9H2/b4-3+. The number of benzene rings is 1. The van der Waals surface area contributed by atoms with Gasteiger partial charge in [0.2, 0.25) is 0 Å². The molecule has 0 amide bonds. The van der Waals surface area contributed by atoms with Gasteiger partial charge in [-0.1, -0.05) is 11.3 Å². The number of anilines is 1. The summed E-state index contributed by atoms with van der Waals surface area (Å²) in [4.78, 5) is 17.8. The lowest BCUT2D eigenvalue weighted by atomic mass is 10.2. The van der Waals surface area contributed by atoms with Crippen LogP contribution in [0.25, 0.3) is 16.3 Å². The molecule has 0 atom stereocenters. The van der Waals surface area contributed by atoms with Crippen molar-refractivity contribution in [3.63, 3.8) is 0 Å². The van der Waals surface area contributed by atoms with Crippen LogP contribution < -0.4 is 4.90 Å². The molecule has 128 valence electrons. The molecule has 3 heterocycles. The molecule has 0 saturated carbocycles. The number of rotatable bonds is 4. The minimum atomic E-state index is -0.677. The Morgan fingerprint density at radius 3 is 3.00 bits per heavy atom. The third kappa shape index (κ3) is 3.25. The molecule has 2 aromatic heterocycles. The molecule has 1 aliphatic heterocycles. The van der Waals surface area contributed by atoms with Gasteiger partial charge in [0.05, 0.1) is 24.1 Å². The van der Waals surface area contributed by atoms with E-state index in [1.807, 2.05) is 4.90 Å². The van der Waals surface area contributed by atoms with E-state index in [0.717, 1.165) is 6.07 Å². The van der Waals surface area contributed by atoms with E-state index in [-0.39, 0.29) is 11.6 Å². The Balaban J connectivity index is 1.36. The molecule has 0 spiro atoms. The summed E-state index contributed by atoms with van der Waals surface area (Å²) in [7, 11) is 0. The highest BCUT2D eigenvalue weighted by atomic mass is 32.1. The normalized spacial score (nSPS) is 15.0. The molecule has 0 radical (unpaired) electrons. The molecule has 1 aromatic carbocycles. The second-order valence-corrected chi connectivity index (χ2v) is 6.55. The summed E-state index contributed by atoms with van der Waals surface area (Å²) in [6.07, 6.45) is 4.09. The molecule has 0 N–H and O–H groups in total. The highest BCUT2D eigenvalue weighted by molar-refractivity contribution is 7.22. The van der Waals surface area contributed by atoms with E-state index in [2.05, 4.69) is 4.98 Å². The van der Waals surface area contributed by atoms with Crippen molar-refractivity contribution in [2.45, 2.75) is 6.10 Å². The summed E-state index contributed by atoms with van der Waals surface area (Å²) < 4.78 is 37.8. The number of furan rings is 1. The van der Waals surface area contributed by atoms with Gasteiger partial charge >= 0.3 is 5.97 Å². The fourth-order valence-electron chi connectivity index (χ4n) is 2.49. The first kappa shape index (κ1) is 15.8. The van der Waals surface area contributed by atoms with Crippen LogP contribution in [-0.4, -0.2) is 30.1 Å². The zero-order valence-corrected chi connectivity index (χ0v) is 13.6. The van der Waals surface area contributed by atoms with Crippen molar-refractivity contribution < 1.29 is 22.7 Å². The molecule has 8 heteroatoms. The van der Waals surface area contributed by atoms with Crippen molar-refractivity contribution in [3.05, 3.63) is 54.0 Å². The molecular formula is C17H12F2N2O3S. The first-order valence-corrected chi connectivity index (χ1v) is 8.33. The Morgan fingerprint density at radius 1 is 1.40 bits per heavy atom. The second-order valence-electron chi connectivity index (χ2n) is 5.54. The van der Waals surface area contributed by atoms with Gasteiger partial charge in [0.15, 0.2) is 10.9 Å². The molecule has 1 saturated heterocycles. The molecule has 4 rings (SSSR count). The van der Waals surface area contributed by atoms with Crippen LogP contribution in [0.15, 0.2) is 41.0 Å². The minimum Gasteiger partial charge on any atom is -0.465 e. The molecule has 5 nitrogen and oxygen atoms in total. The number of halogens is 2. The summed E-state index contributed by atoms with van der Waals surface area (Å²) in [5, 5.41) is 0.581. The zero-order chi connectivity index (χ0) is 17.4. The summed E-state index contributed by atoms with van der Waals surface area (Å²) in [6, 6.07) is 5.53. The van der Waals surface area contributed by atoms with Crippen LogP contribution in [-0.2, 0) is 9.53 Å². The maximum atomic E-state index is 13.7. The van der Waals surface area contributed by atoms with Crippen molar-refractivity contribution in [3.8, 4) is 0 Å². The van der Waals surface area contributed by atoms with Crippen LogP contribution in [0.3, 0.4) is 0 Å². The average molecular weight is 362 g/mol. The minimum absolute atomic E-state index is 0.156. The summed E-state index contributed by atoms with van der Waals surface area (Å²) >= 11 is 1.21. The summed E-state index contributed by atoms with van der Waals surface area (Å²) in [6.45, 7) is 0.925. The Labute approximate surface area is 145 Å². The van der Waals surface area contributed by atoms with Gasteiger partial charge in [0.25, 0.3) is 0 Å². The van der Waals surface area contributed by atoms with Gasteiger partial charge in [0.1, 0.15) is 23.2 Å². The van der Waals surface area contributed by atoms with E-state index in [0.29, 0.717) is 28.7 Å². The van der Waals surface area contributed by atoms with E-state index < -0.39 is 17.6 Å². The predicted molar refractivity (Wildman–Crippen MR) is 89.4 cm³/mol. The lowest BCUT2D eigenvalue weighted by molar-refractivity contribution is -0.143. The monoisotopic (exact) mass is 362 g/mol. The van der Waals surface area contributed by atoms with Crippen LogP contribution in [0, 0.1) is 11.6 Å². The lowest BCUT2D eigenvalue weighted by Gasteiger charge is -2.37. The Morgan fingerprint density at radius 2 is 2.24 bits per heavy atom. The van der Waals surface area contributed by atoms with E-state index in [1.165, 1.54) is 35.8 Å². The Kier molecular flexibility index (Phi) is 3.96. The van der Waals surface area contributed by atoms with E-state index in [9.17, 15) is 13.6 Å². The van der Waals surface area contributed by atoms with Crippen molar-refractivity contribution in [1.29, 1.82) is 0 Å². The fourth-order valence-corrected chi connectivity index (χ4v) is 3.51. The van der Waals surface area contributed by atoms with Crippen LogP contribution in [0.5, 0.6) is 0 Å². The number of carbonyl (C=O) groups is 1. The summed E-state index contributed by atoms with van der Waals surface area (Å²) in [5.41, 5.74) is 0.156. The van der Waals surface area contributed by atoms with Gasteiger partial charge < -0.3 is 14.1 Å². The number of esters is 1. The van der Waals surface area contributed by atoms with Crippen molar-refractivity contribution >= 4 is 38.7 Å². The smallest absolute Gasteiger partial charge is 0.331 e. The Bertz CT molecular complexity index is 946. The van der Waals surface area contributed by atoms with Gasteiger partial charge in [-0.05, 0) is 24.3 Å². The van der Waals surface area contributed by atoms with E-state index in [4.69, 9.17) is 9.15 Å². The molecular weight excluding hydrogens is 350 g/mol. The highest BCUT2D eigenvalue weighted by Gasteiger charge is 2.32. The summed E-state index contributed by atoms with van der Waals surface area (Å²) in [5.74, 6) is -1.20. The van der Waals surface area contributed by atoms with Crippen LogP contribution >= 0.6 is 11.3 Å². The van der Waals surface area contributed by atoms with Gasteiger partial charge in [-0.15, -0.1) is 0 Å².